The molecule has 4 N–H and O–H groups in total. The number of aliphatic carboxylic acids is 1. The van der Waals surface area contributed by atoms with Gasteiger partial charge in [0.25, 0.3) is 0 Å². The van der Waals surface area contributed by atoms with Crippen molar-refractivity contribution in [3.63, 3.8) is 0 Å². The summed E-state index contributed by atoms with van der Waals surface area (Å²) >= 11 is 0. The Bertz CT molecular complexity index is 356. The number of carbonyl (C=O) groups is 1. The molecular weight excluding hydrogens is 332 g/mol. The molecule has 0 aliphatic heterocycles. The number of carboxylic acids is 1. The zero-order valence-corrected chi connectivity index (χ0v) is 16.5. The summed E-state index contributed by atoms with van der Waals surface area (Å²) in [5, 5.41) is 37.1. The minimum absolute atomic E-state index is 0.321. The molecule has 0 aromatic heterocycles. The van der Waals surface area contributed by atoms with Gasteiger partial charge in [-0.3, -0.25) is 4.79 Å². The van der Waals surface area contributed by atoms with Crippen LogP contribution in [0.4, 0.5) is 0 Å². The maximum Gasteiger partial charge on any atom is 0.309 e. The quantitative estimate of drug-likeness (QED) is 0.215. The van der Waals surface area contributed by atoms with Gasteiger partial charge in [-0.05, 0) is 32.1 Å². The Morgan fingerprint density at radius 2 is 1.35 bits per heavy atom. The molecule has 26 heavy (non-hydrogen) atoms. The highest BCUT2D eigenvalue weighted by Gasteiger charge is 2.30. The molecule has 0 heterocycles. The molecule has 0 saturated heterocycles. The lowest BCUT2D eigenvalue weighted by molar-refractivity contribution is -0.150. The highest BCUT2D eigenvalue weighted by molar-refractivity contribution is 5.70. The first-order chi connectivity index (χ1) is 12.5. The fourth-order valence-corrected chi connectivity index (χ4v) is 3.07. The van der Waals surface area contributed by atoms with Gasteiger partial charge in [0, 0.05) is 0 Å². The summed E-state index contributed by atoms with van der Waals surface area (Å²) in [5.41, 5.74) is 0. The summed E-state index contributed by atoms with van der Waals surface area (Å²) in [7, 11) is 0. The monoisotopic (exact) mass is 372 g/mol. The second kappa shape index (κ2) is 17.5. The van der Waals surface area contributed by atoms with Crippen molar-refractivity contribution in [1.29, 1.82) is 0 Å². The smallest absolute Gasteiger partial charge is 0.309 e. The van der Waals surface area contributed by atoms with Gasteiger partial charge in [0.2, 0.25) is 0 Å². The van der Waals surface area contributed by atoms with Gasteiger partial charge < -0.3 is 20.4 Å². The summed E-state index contributed by atoms with van der Waals surface area (Å²) in [5.74, 6) is -2.14. The Morgan fingerprint density at radius 3 is 1.85 bits per heavy atom. The summed E-state index contributed by atoms with van der Waals surface area (Å²) in [4.78, 5) is 11.2. The summed E-state index contributed by atoms with van der Waals surface area (Å²) < 4.78 is 0. The van der Waals surface area contributed by atoms with E-state index >= 15 is 0 Å². The summed E-state index contributed by atoms with van der Waals surface area (Å²) in [6.45, 7) is 1.61. The lowest BCUT2D eigenvalue weighted by atomic mass is 9.92. The van der Waals surface area contributed by atoms with Crippen LogP contribution in [0.15, 0.2) is 12.2 Å². The second-order valence-electron chi connectivity index (χ2n) is 7.20. The lowest BCUT2D eigenvalue weighted by Crippen LogP contribution is -2.39. The van der Waals surface area contributed by atoms with Crippen LogP contribution in [0.25, 0.3) is 0 Å². The predicted octanol–water partition coefficient (Wildman–Crippen LogP) is 4.05. The normalized spacial score (nSPS) is 15.2. The van der Waals surface area contributed by atoms with Crippen molar-refractivity contribution in [2.75, 3.05) is 6.61 Å². The minimum Gasteiger partial charge on any atom is -0.481 e. The van der Waals surface area contributed by atoms with Crippen LogP contribution in [0.3, 0.4) is 0 Å². The zero-order chi connectivity index (χ0) is 19.6. The maximum absolute atomic E-state index is 11.2. The number of aliphatic hydroxyl groups is 3. The average molecular weight is 373 g/mol. The van der Waals surface area contributed by atoms with Gasteiger partial charge in [-0.15, -0.1) is 0 Å². The molecule has 0 aliphatic carbocycles. The van der Waals surface area contributed by atoms with Crippen molar-refractivity contribution in [1.82, 2.24) is 0 Å². The number of carboxylic acid groups (broad SMARTS) is 1. The van der Waals surface area contributed by atoms with E-state index in [1.807, 2.05) is 0 Å². The van der Waals surface area contributed by atoms with E-state index in [0.29, 0.717) is 12.8 Å². The molecule has 154 valence electrons. The van der Waals surface area contributed by atoms with E-state index in [0.717, 1.165) is 32.1 Å². The van der Waals surface area contributed by atoms with Crippen molar-refractivity contribution < 1.29 is 25.2 Å². The van der Waals surface area contributed by atoms with E-state index in [4.69, 9.17) is 10.2 Å². The largest absolute Gasteiger partial charge is 0.481 e. The fourth-order valence-electron chi connectivity index (χ4n) is 3.07. The van der Waals surface area contributed by atoms with Crippen LogP contribution in [0, 0.1) is 5.92 Å². The first-order valence-corrected chi connectivity index (χ1v) is 10.4. The standard InChI is InChI=1S/C21H40O5/c1-2-3-4-5-6-7-8-9-10-11-12-13-14-15-16-18(21(25)26)20(24)19(23)17-22/h9-10,18-20,22-24H,2-8,11-17H2,1H3,(H,25,26)/b10-9-. The maximum atomic E-state index is 11.2. The molecule has 3 atom stereocenters. The molecule has 0 radical (unpaired) electrons. The van der Waals surface area contributed by atoms with E-state index in [1.165, 1.54) is 38.5 Å². The van der Waals surface area contributed by atoms with E-state index < -0.39 is 30.7 Å². The Labute approximate surface area is 159 Å². The molecule has 0 rings (SSSR count). The number of hydrogen-bond acceptors (Lipinski definition) is 4. The predicted molar refractivity (Wildman–Crippen MR) is 105 cm³/mol. The first-order valence-electron chi connectivity index (χ1n) is 10.4. The molecule has 0 aliphatic rings. The van der Waals surface area contributed by atoms with Crippen molar-refractivity contribution in [3.8, 4) is 0 Å². The number of hydrogen-bond donors (Lipinski definition) is 4. The SMILES string of the molecule is CCCCCCCC/C=C\CCCCCCC(C(=O)O)C(O)C(O)CO. The molecule has 5 heteroatoms. The third kappa shape index (κ3) is 13.3. The lowest BCUT2D eigenvalue weighted by Gasteiger charge is -2.22. The number of aliphatic hydroxyl groups excluding tert-OH is 3. The third-order valence-corrected chi connectivity index (χ3v) is 4.84. The average Bonchev–Trinajstić information content (AvgIpc) is 2.63. The summed E-state index contributed by atoms with van der Waals surface area (Å²) in [6, 6.07) is 0. The molecule has 0 amide bonds. The van der Waals surface area contributed by atoms with Crippen molar-refractivity contribution in [2.45, 2.75) is 103 Å². The van der Waals surface area contributed by atoms with Crippen LogP contribution in [0.5, 0.6) is 0 Å². The number of allylic oxidation sites excluding steroid dienone is 2. The van der Waals surface area contributed by atoms with Crippen molar-refractivity contribution in [2.24, 2.45) is 5.92 Å². The highest BCUT2D eigenvalue weighted by Crippen LogP contribution is 2.18. The van der Waals surface area contributed by atoms with E-state index in [9.17, 15) is 15.0 Å². The molecule has 0 fully saturated rings. The van der Waals surface area contributed by atoms with E-state index in [1.54, 1.807) is 0 Å². The summed E-state index contributed by atoms with van der Waals surface area (Å²) in [6.07, 6.45) is 15.9. The van der Waals surface area contributed by atoms with Crippen LogP contribution in [0.1, 0.15) is 90.4 Å². The third-order valence-electron chi connectivity index (χ3n) is 4.84. The Balaban J connectivity index is 3.61. The van der Waals surface area contributed by atoms with Crippen LogP contribution < -0.4 is 0 Å². The molecule has 0 bridgehead atoms. The highest BCUT2D eigenvalue weighted by atomic mass is 16.4. The Hall–Kier alpha value is -0.910. The molecule has 5 nitrogen and oxygen atoms in total. The van der Waals surface area contributed by atoms with Gasteiger partial charge in [-0.1, -0.05) is 70.4 Å². The van der Waals surface area contributed by atoms with Gasteiger partial charge in [0.05, 0.1) is 18.6 Å². The van der Waals surface area contributed by atoms with E-state index in [2.05, 4.69) is 19.1 Å². The minimum atomic E-state index is -1.41. The molecular formula is C21H40O5. The second-order valence-corrected chi connectivity index (χ2v) is 7.20. The Morgan fingerprint density at radius 1 is 0.846 bits per heavy atom. The van der Waals surface area contributed by atoms with Crippen LogP contribution in [-0.4, -0.2) is 45.2 Å². The first kappa shape index (κ1) is 25.1. The van der Waals surface area contributed by atoms with Gasteiger partial charge in [0.15, 0.2) is 0 Å². The molecule has 0 aromatic carbocycles. The zero-order valence-electron chi connectivity index (χ0n) is 16.5. The van der Waals surface area contributed by atoms with Gasteiger partial charge in [-0.2, -0.15) is 0 Å². The number of unbranched alkanes of at least 4 members (excludes halogenated alkanes) is 10. The molecule has 0 aromatic rings. The van der Waals surface area contributed by atoms with E-state index in [-0.39, 0.29) is 0 Å². The molecule has 0 saturated carbocycles. The van der Waals surface area contributed by atoms with Crippen molar-refractivity contribution >= 4 is 5.97 Å². The van der Waals surface area contributed by atoms with Crippen molar-refractivity contribution in [3.05, 3.63) is 12.2 Å². The number of rotatable bonds is 18. The van der Waals surface area contributed by atoms with Crippen LogP contribution in [0.2, 0.25) is 0 Å². The Kier molecular flexibility index (Phi) is 16.9. The van der Waals surface area contributed by atoms with Gasteiger partial charge >= 0.3 is 5.97 Å². The molecule has 3 unspecified atom stereocenters. The van der Waals surface area contributed by atoms with Crippen LogP contribution in [-0.2, 0) is 4.79 Å². The topological polar surface area (TPSA) is 98.0 Å². The van der Waals surface area contributed by atoms with Crippen LogP contribution >= 0.6 is 0 Å². The fraction of sp³-hybridized carbons (Fsp3) is 0.857. The van der Waals surface area contributed by atoms with Gasteiger partial charge in [0.1, 0.15) is 6.10 Å². The molecule has 0 spiro atoms. The van der Waals surface area contributed by atoms with Gasteiger partial charge in [-0.25, -0.2) is 0 Å².